The number of rotatable bonds is 4. The third-order valence-corrected chi connectivity index (χ3v) is 8.05. The van der Waals surface area contributed by atoms with Crippen molar-refractivity contribution in [2.45, 2.75) is 19.4 Å². The Hall–Kier alpha value is -2.84. The minimum Gasteiger partial charge on any atom is -0.366 e. The zero-order valence-electron chi connectivity index (χ0n) is 16.4. The molecule has 0 saturated carbocycles. The molecule has 1 aliphatic heterocycles. The number of aryl methyl sites for hydroxylation is 1. The van der Waals surface area contributed by atoms with E-state index in [2.05, 4.69) is 29.4 Å². The summed E-state index contributed by atoms with van der Waals surface area (Å²) < 4.78 is 24.0. The largest absolute Gasteiger partial charge is 0.366 e. The second-order valence-corrected chi connectivity index (χ2v) is 10.9. The average Bonchev–Trinajstić information content (AvgIpc) is 3.27. The number of thiophene rings is 1. The highest BCUT2D eigenvalue weighted by Gasteiger charge is 2.29. The highest BCUT2D eigenvalue weighted by atomic mass is 32.2. The summed E-state index contributed by atoms with van der Waals surface area (Å²) in [5.41, 5.74) is 3.02. The number of benzene rings is 1. The molecule has 0 radical (unpaired) electrons. The molecule has 0 aliphatic carbocycles. The third kappa shape index (κ3) is 3.57. The van der Waals surface area contributed by atoms with Crippen molar-refractivity contribution in [3.8, 4) is 22.5 Å². The Morgan fingerprint density at radius 1 is 1.07 bits per heavy atom. The van der Waals surface area contributed by atoms with Crippen LogP contribution in [0.25, 0.3) is 32.7 Å². The summed E-state index contributed by atoms with van der Waals surface area (Å²) in [5, 5.41) is 4.37. The molecule has 1 aromatic carbocycles. The summed E-state index contributed by atoms with van der Waals surface area (Å²) in [6.07, 6.45) is 4.04. The Bertz CT molecular complexity index is 1320. The zero-order valence-corrected chi connectivity index (χ0v) is 18.0. The Morgan fingerprint density at radius 2 is 1.87 bits per heavy atom. The van der Waals surface area contributed by atoms with Crippen LogP contribution in [0.4, 0.5) is 5.82 Å². The van der Waals surface area contributed by atoms with Gasteiger partial charge in [0.2, 0.25) is 0 Å². The zero-order chi connectivity index (χ0) is 20.7. The van der Waals surface area contributed by atoms with Gasteiger partial charge in [-0.3, -0.25) is 4.98 Å². The second-order valence-electron chi connectivity index (χ2n) is 7.46. The van der Waals surface area contributed by atoms with Crippen molar-refractivity contribution in [2.24, 2.45) is 0 Å². The summed E-state index contributed by atoms with van der Waals surface area (Å²) in [6, 6.07) is 13.8. The number of sulfone groups is 1. The number of aromatic nitrogens is 3. The van der Waals surface area contributed by atoms with Gasteiger partial charge in [0.1, 0.15) is 10.6 Å². The van der Waals surface area contributed by atoms with Gasteiger partial charge in [-0.05, 0) is 31.0 Å². The minimum atomic E-state index is -3.00. The molecule has 0 amide bonds. The second kappa shape index (κ2) is 7.45. The van der Waals surface area contributed by atoms with E-state index in [9.17, 15) is 8.42 Å². The first-order chi connectivity index (χ1) is 14.5. The molecule has 6 nitrogen and oxygen atoms in total. The Balaban J connectivity index is 1.71. The molecule has 0 bridgehead atoms. The molecule has 1 atom stereocenters. The van der Waals surface area contributed by atoms with Crippen LogP contribution in [0.1, 0.15) is 11.3 Å². The molecule has 1 fully saturated rings. The van der Waals surface area contributed by atoms with E-state index >= 15 is 0 Å². The van der Waals surface area contributed by atoms with Crippen LogP contribution in [-0.4, -0.2) is 40.9 Å². The van der Waals surface area contributed by atoms with Crippen molar-refractivity contribution >= 4 is 37.2 Å². The molecule has 3 aromatic heterocycles. The van der Waals surface area contributed by atoms with E-state index in [1.165, 1.54) is 0 Å². The predicted octanol–water partition coefficient (Wildman–Crippen LogP) is 4.33. The fraction of sp³-hybridized carbons (Fsp3) is 0.227. The molecule has 0 spiro atoms. The number of nitrogens with one attached hydrogen (secondary N) is 1. The van der Waals surface area contributed by atoms with Crippen LogP contribution in [0.3, 0.4) is 0 Å². The molecule has 30 heavy (non-hydrogen) atoms. The topological polar surface area (TPSA) is 84.8 Å². The van der Waals surface area contributed by atoms with Gasteiger partial charge < -0.3 is 5.32 Å². The van der Waals surface area contributed by atoms with Crippen LogP contribution < -0.4 is 5.32 Å². The van der Waals surface area contributed by atoms with Gasteiger partial charge in [-0.15, -0.1) is 11.3 Å². The molecular weight excluding hydrogens is 416 g/mol. The molecule has 1 N–H and O–H groups in total. The lowest BCUT2D eigenvalue weighted by molar-refractivity contribution is 0.602. The molecule has 1 aliphatic rings. The first kappa shape index (κ1) is 19.1. The van der Waals surface area contributed by atoms with Crippen LogP contribution in [0.15, 0.2) is 54.9 Å². The maximum Gasteiger partial charge on any atom is 0.164 e. The lowest BCUT2D eigenvalue weighted by Crippen LogP contribution is -2.21. The van der Waals surface area contributed by atoms with Gasteiger partial charge in [-0.25, -0.2) is 18.4 Å². The third-order valence-electron chi connectivity index (χ3n) is 5.28. The molecule has 8 heteroatoms. The molecule has 0 unspecified atom stereocenters. The van der Waals surface area contributed by atoms with Crippen molar-refractivity contribution in [1.29, 1.82) is 0 Å². The van der Waals surface area contributed by atoms with Crippen molar-refractivity contribution in [3.05, 3.63) is 59.7 Å². The van der Waals surface area contributed by atoms with Crippen molar-refractivity contribution in [3.63, 3.8) is 0 Å². The molecular formula is C22H20N4O2S2. The van der Waals surface area contributed by atoms with Gasteiger partial charge in [0.25, 0.3) is 0 Å². The highest BCUT2D eigenvalue weighted by Crippen LogP contribution is 2.42. The van der Waals surface area contributed by atoms with E-state index in [-0.39, 0.29) is 17.5 Å². The van der Waals surface area contributed by atoms with Gasteiger partial charge >= 0.3 is 0 Å². The fourth-order valence-electron chi connectivity index (χ4n) is 3.89. The fourth-order valence-corrected chi connectivity index (χ4v) is 6.61. The van der Waals surface area contributed by atoms with Crippen molar-refractivity contribution < 1.29 is 8.42 Å². The molecule has 5 rings (SSSR count). The van der Waals surface area contributed by atoms with Gasteiger partial charge in [-0.1, -0.05) is 30.3 Å². The van der Waals surface area contributed by atoms with E-state index in [1.807, 2.05) is 30.3 Å². The SMILES string of the molecule is Cc1sc2nc(-c3cccnc3)nc(N[C@@H]3CCS(=O)(=O)C3)c2c1-c1ccccc1. The first-order valence-corrected chi connectivity index (χ1v) is 12.4. The smallest absolute Gasteiger partial charge is 0.164 e. The standard InChI is InChI=1S/C22H20N4O2S2/c1-14-18(15-6-3-2-4-7-15)19-21(24-17-9-11-30(27,28)13-17)25-20(26-22(19)29-14)16-8-5-10-23-12-16/h2-8,10,12,17H,9,11,13H2,1H3,(H,24,25,26)/t17-/m1/s1. The predicted molar refractivity (Wildman–Crippen MR) is 122 cm³/mol. The molecule has 4 heterocycles. The van der Waals surface area contributed by atoms with Gasteiger partial charge in [0.05, 0.1) is 16.9 Å². The van der Waals surface area contributed by atoms with E-state index in [0.717, 1.165) is 31.8 Å². The normalized spacial score (nSPS) is 18.0. The average molecular weight is 437 g/mol. The van der Waals surface area contributed by atoms with Gasteiger partial charge in [0, 0.05) is 34.4 Å². The first-order valence-electron chi connectivity index (χ1n) is 9.74. The number of pyridine rings is 1. The van der Waals surface area contributed by atoms with E-state index in [4.69, 9.17) is 9.97 Å². The maximum atomic E-state index is 12.0. The van der Waals surface area contributed by atoms with Gasteiger partial charge in [0.15, 0.2) is 15.7 Å². The minimum absolute atomic E-state index is 0.129. The van der Waals surface area contributed by atoms with Crippen LogP contribution in [0.2, 0.25) is 0 Å². The lowest BCUT2D eigenvalue weighted by Gasteiger charge is -2.15. The Morgan fingerprint density at radius 3 is 2.57 bits per heavy atom. The van der Waals surface area contributed by atoms with Crippen LogP contribution >= 0.6 is 11.3 Å². The summed E-state index contributed by atoms with van der Waals surface area (Å²) >= 11 is 1.62. The number of nitrogens with zero attached hydrogens (tertiary/aromatic N) is 3. The number of anilines is 1. The van der Waals surface area contributed by atoms with E-state index in [1.54, 1.807) is 23.7 Å². The van der Waals surface area contributed by atoms with Crippen LogP contribution in [0.5, 0.6) is 0 Å². The number of hydrogen-bond donors (Lipinski definition) is 1. The Labute approximate surface area is 179 Å². The lowest BCUT2D eigenvalue weighted by atomic mass is 10.0. The Kier molecular flexibility index (Phi) is 4.75. The summed E-state index contributed by atoms with van der Waals surface area (Å²) in [7, 11) is -3.00. The molecule has 4 aromatic rings. The van der Waals surface area contributed by atoms with Gasteiger partial charge in [-0.2, -0.15) is 0 Å². The monoisotopic (exact) mass is 436 g/mol. The number of hydrogen-bond acceptors (Lipinski definition) is 7. The molecule has 1 saturated heterocycles. The summed E-state index contributed by atoms with van der Waals surface area (Å²) in [4.78, 5) is 15.9. The maximum absolute atomic E-state index is 12.0. The van der Waals surface area contributed by atoms with Crippen molar-refractivity contribution in [2.75, 3.05) is 16.8 Å². The van der Waals surface area contributed by atoms with Crippen LogP contribution in [-0.2, 0) is 9.84 Å². The van der Waals surface area contributed by atoms with E-state index in [0.29, 0.717) is 18.1 Å². The van der Waals surface area contributed by atoms with Crippen LogP contribution in [0, 0.1) is 6.92 Å². The summed E-state index contributed by atoms with van der Waals surface area (Å²) in [5.74, 6) is 1.61. The quantitative estimate of drug-likeness (QED) is 0.513. The number of fused-ring (bicyclic) bond motifs is 1. The van der Waals surface area contributed by atoms with E-state index < -0.39 is 9.84 Å². The highest BCUT2D eigenvalue weighted by molar-refractivity contribution is 7.91. The summed E-state index contributed by atoms with van der Waals surface area (Å²) in [6.45, 7) is 2.09. The molecule has 152 valence electrons. The van der Waals surface area contributed by atoms with Crippen molar-refractivity contribution in [1.82, 2.24) is 15.0 Å².